The summed E-state index contributed by atoms with van der Waals surface area (Å²) < 4.78 is 17.0. The van der Waals surface area contributed by atoms with Gasteiger partial charge in [-0.15, -0.1) is 0 Å². The highest BCUT2D eigenvalue weighted by molar-refractivity contribution is 5.94. The molecule has 0 spiro atoms. The molecule has 0 atom stereocenters. The second kappa shape index (κ2) is 7.03. The third-order valence-corrected chi connectivity index (χ3v) is 2.32. The third-order valence-electron chi connectivity index (χ3n) is 2.32. The molecular formula is C15H23NO4. The van der Waals surface area contributed by atoms with Gasteiger partial charge in [0.15, 0.2) is 11.5 Å². The van der Waals surface area contributed by atoms with Crippen molar-refractivity contribution in [2.45, 2.75) is 46.8 Å². The monoisotopic (exact) mass is 281 g/mol. The van der Waals surface area contributed by atoms with E-state index in [2.05, 4.69) is 0 Å². The van der Waals surface area contributed by atoms with Crippen molar-refractivity contribution in [2.75, 3.05) is 6.61 Å². The lowest BCUT2D eigenvalue weighted by Crippen LogP contribution is -2.15. The maximum atomic E-state index is 11.4. The van der Waals surface area contributed by atoms with E-state index in [1.807, 2.05) is 34.6 Å². The summed E-state index contributed by atoms with van der Waals surface area (Å²) in [5.41, 5.74) is 5.68. The highest BCUT2D eigenvalue weighted by Gasteiger charge is 2.18. The van der Waals surface area contributed by atoms with Crippen LogP contribution in [0.5, 0.6) is 17.2 Å². The first kappa shape index (κ1) is 16.1. The predicted octanol–water partition coefficient (Wildman–Crippen LogP) is 2.76. The van der Waals surface area contributed by atoms with E-state index in [0.29, 0.717) is 29.4 Å². The van der Waals surface area contributed by atoms with Crippen LogP contribution in [0.3, 0.4) is 0 Å². The third kappa shape index (κ3) is 4.33. The van der Waals surface area contributed by atoms with E-state index in [1.54, 1.807) is 12.1 Å². The number of ether oxygens (including phenoxy) is 3. The Hall–Kier alpha value is -1.91. The lowest BCUT2D eigenvalue weighted by atomic mass is 10.1. The van der Waals surface area contributed by atoms with E-state index in [9.17, 15) is 4.79 Å². The molecule has 112 valence electrons. The molecule has 1 aromatic rings. The molecule has 0 bridgehead atoms. The molecule has 0 unspecified atom stereocenters. The number of primary amides is 1. The van der Waals surface area contributed by atoms with E-state index in [0.717, 1.165) is 0 Å². The first-order valence-corrected chi connectivity index (χ1v) is 6.79. The number of nitrogens with two attached hydrogens (primary N) is 1. The van der Waals surface area contributed by atoms with E-state index in [1.165, 1.54) is 0 Å². The van der Waals surface area contributed by atoms with Crippen LogP contribution in [0, 0.1) is 0 Å². The zero-order valence-electron chi connectivity index (χ0n) is 12.7. The van der Waals surface area contributed by atoms with Crippen molar-refractivity contribution < 1.29 is 19.0 Å². The fourth-order valence-electron chi connectivity index (χ4n) is 1.69. The smallest absolute Gasteiger partial charge is 0.248 e. The van der Waals surface area contributed by atoms with Crippen LogP contribution in [0.25, 0.3) is 0 Å². The fourth-order valence-corrected chi connectivity index (χ4v) is 1.69. The van der Waals surface area contributed by atoms with Gasteiger partial charge in [-0.1, -0.05) is 0 Å². The number of benzene rings is 1. The molecule has 1 aromatic carbocycles. The minimum absolute atomic E-state index is 0.0516. The van der Waals surface area contributed by atoms with Gasteiger partial charge >= 0.3 is 0 Å². The minimum atomic E-state index is -0.532. The van der Waals surface area contributed by atoms with Gasteiger partial charge in [0.25, 0.3) is 0 Å². The molecule has 0 fully saturated rings. The fraction of sp³-hybridized carbons (Fsp3) is 0.533. The summed E-state index contributed by atoms with van der Waals surface area (Å²) in [5.74, 6) is 0.901. The predicted molar refractivity (Wildman–Crippen MR) is 77.7 cm³/mol. The molecule has 0 saturated heterocycles. The Morgan fingerprint density at radius 1 is 1.10 bits per heavy atom. The lowest BCUT2D eigenvalue weighted by molar-refractivity contribution is 0.0998. The number of amides is 1. The van der Waals surface area contributed by atoms with Crippen molar-refractivity contribution in [1.82, 2.24) is 0 Å². The highest BCUT2D eigenvalue weighted by atomic mass is 16.5. The van der Waals surface area contributed by atoms with Gasteiger partial charge in [-0.05, 0) is 46.8 Å². The van der Waals surface area contributed by atoms with E-state index in [4.69, 9.17) is 19.9 Å². The Morgan fingerprint density at radius 2 is 1.55 bits per heavy atom. The number of carbonyl (C=O) groups excluding carboxylic acids is 1. The van der Waals surface area contributed by atoms with Gasteiger partial charge in [-0.25, -0.2) is 0 Å². The second-order valence-electron chi connectivity index (χ2n) is 4.93. The van der Waals surface area contributed by atoms with E-state index in [-0.39, 0.29) is 12.2 Å². The molecule has 2 N–H and O–H groups in total. The molecule has 0 aromatic heterocycles. The highest BCUT2D eigenvalue weighted by Crippen LogP contribution is 2.40. The molecule has 0 aliphatic carbocycles. The Kier molecular flexibility index (Phi) is 5.67. The van der Waals surface area contributed by atoms with Crippen LogP contribution in [0.15, 0.2) is 12.1 Å². The van der Waals surface area contributed by atoms with Crippen molar-refractivity contribution in [1.29, 1.82) is 0 Å². The minimum Gasteiger partial charge on any atom is -0.487 e. The maximum absolute atomic E-state index is 11.4. The molecule has 0 heterocycles. The van der Waals surface area contributed by atoms with Gasteiger partial charge in [0.1, 0.15) is 0 Å². The first-order valence-electron chi connectivity index (χ1n) is 6.79. The standard InChI is InChI=1S/C15H23NO4/c1-6-18-14-12(19-9(2)3)7-11(15(16)17)8-13(14)20-10(4)5/h7-10H,6H2,1-5H3,(H2,16,17). The van der Waals surface area contributed by atoms with Gasteiger partial charge in [0.2, 0.25) is 11.7 Å². The van der Waals surface area contributed by atoms with Crippen molar-refractivity contribution in [2.24, 2.45) is 5.73 Å². The van der Waals surface area contributed by atoms with Crippen LogP contribution in [-0.2, 0) is 0 Å². The Balaban J connectivity index is 3.35. The molecule has 1 amide bonds. The Morgan fingerprint density at radius 3 is 1.85 bits per heavy atom. The largest absolute Gasteiger partial charge is 0.487 e. The zero-order chi connectivity index (χ0) is 15.3. The molecule has 0 radical (unpaired) electrons. The summed E-state index contributed by atoms with van der Waals surface area (Å²) in [7, 11) is 0. The van der Waals surface area contributed by atoms with E-state index < -0.39 is 5.91 Å². The van der Waals surface area contributed by atoms with Crippen molar-refractivity contribution in [3.63, 3.8) is 0 Å². The van der Waals surface area contributed by atoms with Crippen LogP contribution in [0.4, 0.5) is 0 Å². The van der Waals surface area contributed by atoms with Crippen LogP contribution < -0.4 is 19.9 Å². The Bertz CT molecular complexity index is 438. The first-order chi connectivity index (χ1) is 9.35. The molecule has 0 aliphatic heterocycles. The number of hydrogen-bond donors (Lipinski definition) is 1. The summed E-state index contributed by atoms with van der Waals surface area (Å²) in [5, 5.41) is 0. The molecular weight excluding hydrogens is 258 g/mol. The van der Waals surface area contributed by atoms with Crippen molar-refractivity contribution >= 4 is 5.91 Å². The van der Waals surface area contributed by atoms with Gasteiger partial charge in [-0.3, -0.25) is 4.79 Å². The van der Waals surface area contributed by atoms with Crippen LogP contribution in [0.1, 0.15) is 45.0 Å². The summed E-state index contributed by atoms with van der Waals surface area (Å²) in [6.45, 7) is 9.94. The topological polar surface area (TPSA) is 70.8 Å². The van der Waals surface area contributed by atoms with Gasteiger partial charge in [0.05, 0.1) is 18.8 Å². The molecule has 1 rings (SSSR count). The van der Waals surface area contributed by atoms with Gasteiger partial charge in [0, 0.05) is 5.56 Å². The average molecular weight is 281 g/mol. The molecule has 20 heavy (non-hydrogen) atoms. The molecule has 5 heteroatoms. The van der Waals surface area contributed by atoms with Crippen LogP contribution >= 0.6 is 0 Å². The molecule has 0 saturated carbocycles. The maximum Gasteiger partial charge on any atom is 0.248 e. The zero-order valence-corrected chi connectivity index (χ0v) is 12.7. The average Bonchev–Trinajstić information content (AvgIpc) is 2.31. The summed E-state index contributed by atoms with van der Waals surface area (Å²) in [6, 6.07) is 3.17. The molecule has 5 nitrogen and oxygen atoms in total. The van der Waals surface area contributed by atoms with Gasteiger partial charge in [-0.2, -0.15) is 0 Å². The summed E-state index contributed by atoms with van der Waals surface area (Å²) in [4.78, 5) is 11.4. The van der Waals surface area contributed by atoms with Crippen LogP contribution in [0.2, 0.25) is 0 Å². The van der Waals surface area contributed by atoms with Gasteiger partial charge < -0.3 is 19.9 Å². The quantitative estimate of drug-likeness (QED) is 0.834. The summed E-state index contributed by atoms with van der Waals surface area (Å²) >= 11 is 0. The van der Waals surface area contributed by atoms with Crippen molar-refractivity contribution in [3.8, 4) is 17.2 Å². The SMILES string of the molecule is CCOc1c(OC(C)C)cc(C(N)=O)cc1OC(C)C. The normalized spacial score (nSPS) is 10.8. The number of carbonyl (C=O) groups is 1. The lowest BCUT2D eigenvalue weighted by Gasteiger charge is -2.20. The molecule has 0 aliphatic rings. The van der Waals surface area contributed by atoms with E-state index >= 15 is 0 Å². The number of rotatable bonds is 7. The summed E-state index contributed by atoms with van der Waals surface area (Å²) in [6.07, 6.45) is -0.103. The van der Waals surface area contributed by atoms with Crippen molar-refractivity contribution in [3.05, 3.63) is 17.7 Å². The Labute approximate surface area is 120 Å². The number of hydrogen-bond acceptors (Lipinski definition) is 4. The van der Waals surface area contributed by atoms with Crippen LogP contribution in [-0.4, -0.2) is 24.7 Å². The second-order valence-corrected chi connectivity index (χ2v) is 4.93.